The summed E-state index contributed by atoms with van der Waals surface area (Å²) < 4.78 is 11.0. The molecule has 0 saturated heterocycles. The molecule has 1 heterocycles. The van der Waals surface area contributed by atoms with Crippen LogP contribution in [0.1, 0.15) is 29.0 Å². The molecule has 3 aromatic rings. The van der Waals surface area contributed by atoms with Crippen LogP contribution >= 0.6 is 0 Å². The summed E-state index contributed by atoms with van der Waals surface area (Å²) in [5.41, 5.74) is 3.55. The van der Waals surface area contributed by atoms with Crippen LogP contribution in [0.15, 0.2) is 52.9 Å². The van der Waals surface area contributed by atoms with Crippen LogP contribution in [0.5, 0.6) is 5.75 Å². The standard InChI is InChI=1S/C20H21N3O3/c1-14-8-9-16(12-15(14)2)13-19-22-23-20(26-19)21-18(24)10-11-25-17-6-4-3-5-7-17/h3-9,12H,10-11,13H2,1-2H3,(H,21,23,24). The smallest absolute Gasteiger partial charge is 0.322 e. The summed E-state index contributed by atoms with van der Waals surface area (Å²) in [6, 6.07) is 15.7. The van der Waals surface area contributed by atoms with E-state index < -0.39 is 0 Å². The van der Waals surface area contributed by atoms with Crippen molar-refractivity contribution < 1.29 is 13.9 Å². The van der Waals surface area contributed by atoms with Gasteiger partial charge in [0.25, 0.3) is 0 Å². The van der Waals surface area contributed by atoms with Crippen molar-refractivity contribution in [2.45, 2.75) is 26.7 Å². The van der Waals surface area contributed by atoms with Gasteiger partial charge in [0.2, 0.25) is 11.8 Å². The highest BCUT2D eigenvalue weighted by Gasteiger charge is 2.11. The van der Waals surface area contributed by atoms with E-state index in [1.54, 1.807) is 0 Å². The van der Waals surface area contributed by atoms with Crippen molar-refractivity contribution in [3.63, 3.8) is 0 Å². The molecular formula is C20H21N3O3. The third-order valence-electron chi connectivity index (χ3n) is 3.98. The van der Waals surface area contributed by atoms with Crippen molar-refractivity contribution in [2.24, 2.45) is 0 Å². The molecular weight excluding hydrogens is 330 g/mol. The zero-order chi connectivity index (χ0) is 18.4. The topological polar surface area (TPSA) is 77.2 Å². The highest BCUT2D eigenvalue weighted by molar-refractivity contribution is 5.88. The maximum atomic E-state index is 11.9. The minimum absolute atomic E-state index is 0.105. The molecule has 2 aromatic carbocycles. The number of aromatic nitrogens is 2. The lowest BCUT2D eigenvalue weighted by molar-refractivity contribution is -0.116. The van der Waals surface area contributed by atoms with Crippen molar-refractivity contribution in [3.8, 4) is 5.75 Å². The molecule has 1 amide bonds. The number of hydrogen-bond donors (Lipinski definition) is 1. The van der Waals surface area contributed by atoms with Crippen molar-refractivity contribution in [3.05, 3.63) is 71.1 Å². The number of carbonyl (C=O) groups excluding carboxylic acids is 1. The third kappa shape index (κ3) is 4.92. The molecule has 0 fully saturated rings. The summed E-state index contributed by atoms with van der Waals surface area (Å²) in [5, 5.41) is 10.4. The Labute approximate surface area is 152 Å². The van der Waals surface area contributed by atoms with Gasteiger partial charge in [0.15, 0.2) is 0 Å². The highest BCUT2D eigenvalue weighted by atomic mass is 16.5. The highest BCUT2D eigenvalue weighted by Crippen LogP contribution is 2.15. The van der Waals surface area contributed by atoms with Crippen LogP contribution in [-0.2, 0) is 11.2 Å². The van der Waals surface area contributed by atoms with Gasteiger partial charge in [0.05, 0.1) is 19.4 Å². The molecule has 0 aliphatic rings. The molecule has 134 valence electrons. The maximum absolute atomic E-state index is 11.9. The predicted octanol–water partition coefficient (Wildman–Crippen LogP) is 3.68. The van der Waals surface area contributed by atoms with Gasteiger partial charge < -0.3 is 9.15 Å². The molecule has 0 unspecified atom stereocenters. The van der Waals surface area contributed by atoms with E-state index in [0.29, 0.717) is 12.3 Å². The van der Waals surface area contributed by atoms with Crippen LogP contribution in [0.3, 0.4) is 0 Å². The Balaban J connectivity index is 1.48. The second-order valence-electron chi connectivity index (χ2n) is 6.06. The Morgan fingerprint density at radius 2 is 1.88 bits per heavy atom. The van der Waals surface area contributed by atoms with Gasteiger partial charge in [0, 0.05) is 0 Å². The first kappa shape index (κ1) is 17.7. The normalized spacial score (nSPS) is 10.5. The van der Waals surface area contributed by atoms with Gasteiger partial charge in [-0.3, -0.25) is 10.1 Å². The Morgan fingerprint density at radius 1 is 1.08 bits per heavy atom. The summed E-state index contributed by atoms with van der Waals surface area (Å²) in [7, 11) is 0. The fourth-order valence-corrected chi connectivity index (χ4v) is 2.42. The van der Waals surface area contributed by atoms with Crippen LogP contribution < -0.4 is 10.1 Å². The van der Waals surface area contributed by atoms with E-state index in [1.807, 2.05) is 36.4 Å². The zero-order valence-electron chi connectivity index (χ0n) is 14.9. The van der Waals surface area contributed by atoms with Gasteiger partial charge in [-0.25, -0.2) is 0 Å². The van der Waals surface area contributed by atoms with Crippen molar-refractivity contribution >= 4 is 11.9 Å². The number of ether oxygens (including phenoxy) is 1. The number of carbonyl (C=O) groups is 1. The summed E-state index contributed by atoms with van der Waals surface area (Å²) in [4.78, 5) is 11.9. The van der Waals surface area contributed by atoms with Crippen LogP contribution in [0.25, 0.3) is 0 Å². The Kier molecular flexibility index (Phi) is 5.63. The van der Waals surface area contributed by atoms with E-state index in [2.05, 4.69) is 41.5 Å². The number of rotatable bonds is 7. The Morgan fingerprint density at radius 3 is 2.65 bits per heavy atom. The average Bonchev–Trinajstić information content (AvgIpc) is 3.06. The lowest BCUT2D eigenvalue weighted by Crippen LogP contribution is -2.15. The molecule has 26 heavy (non-hydrogen) atoms. The molecule has 1 N–H and O–H groups in total. The monoisotopic (exact) mass is 351 g/mol. The first-order chi connectivity index (χ1) is 12.6. The van der Waals surface area contributed by atoms with Crippen LogP contribution in [0.2, 0.25) is 0 Å². The zero-order valence-corrected chi connectivity index (χ0v) is 14.9. The SMILES string of the molecule is Cc1ccc(Cc2nnc(NC(=O)CCOc3ccccc3)o2)cc1C. The lowest BCUT2D eigenvalue weighted by atomic mass is 10.0. The molecule has 0 aliphatic carbocycles. The van der Waals surface area contributed by atoms with Crippen molar-refractivity contribution in [2.75, 3.05) is 11.9 Å². The van der Waals surface area contributed by atoms with Gasteiger partial charge in [0.1, 0.15) is 5.75 Å². The number of benzene rings is 2. The van der Waals surface area contributed by atoms with E-state index >= 15 is 0 Å². The van der Waals surface area contributed by atoms with E-state index in [0.717, 1.165) is 11.3 Å². The minimum Gasteiger partial charge on any atom is -0.493 e. The van der Waals surface area contributed by atoms with Gasteiger partial charge >= 0.3 is 6.01 Å². The number of hydrogen-bond acceptors (Lipinski definition) is 5. The fourth-order valence-electron chi connectivity index (χ4n) is 2.42. The molecule has 6 heteroatoms. The number of nitrogens with one attached hydrogen (secondary N) is 1. The third-order valence-corrected chi connectivity index (χ3v) is 3.98. The second-order valence-corrected chi connectivity index (χ2v) is 6.06. The van der Waals surface area contributed by atoms with E-state index in [9.17, 15) is 4.79 Å². The van der Waals surface area contributed by atoms with Crippen molar-refractivity contribution in [1.82, 2.24) is 10.2 Å². The predicted molar refractivity (Wildman–Crippen MR) is 98.2 cm³/mol. The summed E-state index contributed by atoms with van der Waals surface area (Å²) >= 11 is 0. The number of nitrogens with zero attached hydrogens (tertiary/aromatic N) is 2. The first-order valence-corrected chi connectivity index (χ1v) is 8.46. The van der Waals surface area contributed by atoms with E-state index in [4.69, 9.17) is 9.15 Å². The van der Waals surface area contributed by atoms with Gasteiger partial charge in [-0.1, -0.05) is 41.5 Å². The Bertz CT molecular complexity index is 875. The molecule has 6 nitrogen and oxygen atoms in total. The number of aryl methyl sites for hydroxylation is 2. The van der Waals surface area contributed by atoms with Gasteiger partial charge in [-0.05, 0) is 42.7 Å². The molecule has 0 saturated carbocycles. The fraction of sp³-hybridized carbons (Fsp3) is 0.250. The molecule has 0 radical (unpaired) electrons. The molecule has 0 atom stereocenters. The largest absolute Gasteiger partial charge is 0.493 e. The van der Waals surface area contributed by atoms with Crippen molar-refractivity contribution in [1.29, 1.82) is 0 Å². The number of anilines is 1. The van der Waals surface area contributed by atoms with Crippen LogP contribution in [0, 0.1) is 13.8 Å². The molecule has 3 rings (SSSR count). The number of para-hydroxylation sites is 1. The average molecular weight is 351 g/mol. The first-order valence-electron chi connectivity index (χ1n) is 8.46. The molecule has 0 bridgehead atoms. The van der Waals surface area contributed by atoms with Crippen LogP contribution in [0.4, 0.5) is 6.01 Å². The van der Waals surface area contributed by atoms with Crippen LogP contribution in [-0.4, -0.2) is 22.7 Å². The summed E-state index contributed by atoms with van der Waals surface area (Å²) in [5.74, 6) is 0.958. The Hall–Kier alpha value is -3.15. The summed E-state index contributed by atoms with van der Waals surface area (Å²) in [6.07, 6.45) is 0.727. The quantitative estimate of drug-likeness (QED) is 0.702. The number of amides is 1. The van der Waals surface area contributed by atoms with Gasteiger partial charge in [-0.2, -0.15) is 0 Å². The molecule has 1 aromatic heterocycles. The minimum atomic E-state index is -0.234. The summed E-state index contributed by atoms with van der Waals surface area (Å²) in [6.45, 7) is 4.41. The second kappa shape index (κ2) is 8.29. The lowest BCUT2D eigenvalue weighted by Gasteiger charge is -2.05. The van der Waals surface area contributed by atoms with Gasteiger partial charge in [-0.15, -0.1) is 5.10 Å². The maximum Gasteiger partial charge on any atom is 0.322 e. The molecule has 0 aliphatic heterocycles. The van der Waals surface area contributed by atoms with E-state index in [1.165, 1.54) is 11.1 Å². The molecule has 0 spiro atoms. The van der Waals surface area contributed by atoms with E-state index in [-0.39, 0.29) is 24.9 Å².